The molecule has 0 spiro atoms. The lowest BCUT2D eigenvalue weighted by atomic mass is 10.2. The summed E-state index contributed by atoms with van der Waals surface area (Å²) in [5, 5.41) is 6.08. The molecule has 1 heterocycles. The van der Waals surface area contributed by atoms with Gasteiger partial charge in [0, 0.05) is 33.9 Å². The van der Waals surface area contributed by atoms with E-state index in [1.165, 1.54) is 11.3 Å². The van der Waals surface area contributed by atoms with Crippen LogP contribution in [-0.4, -0.2) is 10.5 Å². The van der Waals surface area contributed by atoms with Crippen molar-refractivity contribution in [2.45, 2.75) is 13.3 Å². The third-order valence-corrected chi connectivity index (χ3v) is 5.46. The van der Waals surface area contributed by atoms with E-state index in [0.29, 0.717) is 15.7 Å². The van der Waals surface area contributed by atoms with Crippen molar-refractivity contribution >= 4 is 64.2 Å². The van der Waals surface area contributed by atoms with Gasteiger partial charge in [0.25, 0.3) is 0 Å². The molecule has 8 heteroatoms. The number of benzene rings is 2. The molecule has 0 aliphatic rings. The van der Waals surface area contributed by atoms with Crippen molar-refractivity contribution in [3.05, 3.63) is 73.9 Å². The average Bonchev–Trinajstić information content (AvgIpc) is 2.91. The highest BCUT2D eigenvalue weighted by molar-refractivity contribution is 7.07. The number of nitrogens with zero attached hydrogens (tertiary/aromatic N) is 2. The van der Waals surface area contributed by atoms with Crippen molar-refractivity contribution in [2.75, 3.05) is 5.32 Å². The van der Waals surface area contributed by atoms with Gasteiger partial charge in [0.05, 0.1) is 12.1 Å². The number of aryl methyl sites for hydroxylation is 1. The lowest BCUT2D eigenvalue weighted by molar-refractivity contribution is -0.115. The monoisotopic (exact) mass is 441 g/mol. The van der Waals surface area contributed by atoms with Gasteiger partial charge in [0.2, 0.25) is 5.91 Å². The van der Waals surface area contributed by atoms with Crippen LogP contribution in [0, 0.1) is 6.92 Å². The van der Waals surface area contributed by atoms with Crippen LogP contribution in [0.15, 0.2) is 52.8 Å². The molecule has 1 aromatic heterocycles. The number of rotatable bonds is 4. The van der Waals surface area contributed by atoms with E-state index in [4.69, 9.17) is 23.2 Å². The van der Waals surface area contributed by atoms with Gasteiger partial charge in [0.15, 0.2) is 4.80 Å². The number of halogens is 3. The molecule has 0 saturated heterocycles. The van der Waals surface area contributed by atoms with Crippen LogP contribution in [-0.2, 0) is 18.3 Å². The van der Waals surface area contributed by atoms with Crippen LogP contribution in [0.5, 0.6) is 0 Å². The van der Waals surface area contributed by atoms with E-state index in [1.807, 2.05) is 54.3 Å². The number of thiazole rings is 1. The summed E-state index contributed by atoms with van der Waals surface area (Å²) in [7, 11) is 1.89. The van der Waals surface area contributed by atoms with Crippen molar-refractivity contribution in [2.24, 2.45) is 12.0 Å². The minimum atomic E-state index is -0.104. The number of hydrogen-bond donors (Lipinski definition) is 1. The highest BCUT2D eigenvalue weighted by Crippen LogP contribution is 2.20. The van der Waals surface area contributed by atoms with Crippen molar-refractivity contribution in [3.63, 3.8) is 0 Å². The topological polar surface area (TPSA) is 46.4 Å². The van der Waals surface area contributed by atoms with Crippen LogP contribution >= 0.6 is 46.9 Å². The molecule has 0 saturated carbocycles. The lowest BCUT2D eigenvalue weighted by Gasteiger charge is -2.07. The molecule has 0 aliphatic carbocycles. The van der Waals surface area contributed by atoms with Crippen molar-refractivity contribution in [1.82, 2.24) is 4.57 Å². The second-order valence-electron chi connectivity index (χ2n) is 5.85. The van der Waals surface area contributed by atoms with Gasteiger partial charge in [-0.15, -0.1) is 23.7 Å². The van der Waals surface area contributed by atoms with Gasteiger partial charge in [-0.1, -0.05) is 35.3 Å². The first-order valence-corrected chi connectivity index (χ1v) is 9.55. The second kappa shape index (κ2) is 9.42. The van der Waals surface area contributed by atoms with Crippen molar-refractivity contribution in [1.29, 1.82) is 0 Å². The fraction of sp³-hybridized carbons (Fsp3) is 0.158. The lowest BCUT2D eigenvalue weighted by Crippen LogP contribution is -2.19. The van der Waals surface area contributed by atoms with Gasteiger partial charge >= 0.3 is 0 Å². The Morgan fingerprint density at radius 2 is 2.00 bits per heavy atom. The highest BCUT2D eigenvalue weighted by atomic mass is 35.5. The smallest absolute Gasteiger partial charge is 0.230 e. The quantitative estimate of drug-likeness (QED) is 0.567. The Morgan fingerprint density at radius 1 is 1.22 bits per heavy atom. The van der Waals surface area contributed by atoms with E-state index >= 15 is 0 Å². The van der Waals surface area contributed by atoms with E-state index in [1.54, 1.807) is 12.1 Å². The molecule has 142 valence electrons. The van der Waals surface area contributed by atoms with Crippen LogP contribution in [0.25, 0.3) is 0 Å². The number of amides is 1. The molecule has 0 aliphatic heterocycles. The normalized spacial score (nSPS) is 11.2. The minimum absolute atomic E-state index is 0. The zero-order chi connectivity index (χ0) is 18.7. The molecule has 2 aromatic carbocycles. The molecule has 0 bridgehead atoms. The molecule has 0 fully saturated rings. The molecule has 1 N–H and O–H groups in total. The number of aromatic nitrogens is 1. The predicted octanol–water partition coefficient (Wildman–Crippen LogP) is 5.54. The Labute approximate surface area is 177 Å². The Hall–Kier alpha value is -1.79. The molecule has 1 amide bonds. The number of carbonyl (C=O) groups is 1. The van der Waals surface area contributed by atoms with Crippen LogP contribution in [0.1, 0.15) is 11.3 Å². The zero-order valence-electron chi connectivity index (χ0n) is 14.7. The first-order chi connectivity index (χ1) is 12.4. The Morgan fingerprint density at radius 3 is 2.70 bits per heavy atom. The summed E-state index contributed by atoms with van der Waals surface area (Å²) in [5.41, 5.74) is 3.32. The van der Waals surface area contributed by atoms with Gasteiger partial charge in [-0.25, -0.2) is 4.99 Å². The minimum Gasteiger partial charge on any atom is -0.326 e. The fourth-order valence-corrected chi connectivity index (χ4v) is 3.64. The zero-order valence-corrected chi connectivity index (χ0v) is 17.8. The third kappa shape index (κ3) is 5.59. The first kappa shape index (κ1) is 21.5. The Kier molecular flexibility index (Phi) is 7.50. The number of carbonyl (C=O) groups excluding carboxylic acids is 1. The molecular weight excluding hydrogens is 425 g/mol. The van der Waals surface area contributed by atoms with E-state index < -0.39 is 0 Å². The summed E-state index contributed by atoms with van der Waals surface area (Å²) in [6, 6.07) is 12.8. The number of anilines is 1. The Balaban J connectivity index is 0.00000261. The van der Waals surface area contributed by atoms with E-state index in [-0.39, 0.29) is 24.7 Å². The molecular formula is C19H18Cl3N3OS. The molecule has 3 rings (SSSR count). The average molecular weight is 443 g/mol. The Bertz CT molecular complexity index is 1030. The second-order valence-corrected chi connectivity index (χ2v) is 7.53. The molecule has 4 nitrogen and oxygen atoms in total. The van der Waals surface area contributed by atoms with Gasteiger partial charge in [-0.2, -0.15) is 0 Å². The summed E-state index contributed by atoms with van der Waals surface area (Å²) < 4.78 is 1.91. The third-order valence-electron chi connectivity index (χ3n) is 3.85. The fourth-order valence-electron chi connectivity index (χ4n) is 2.36. The summed E-state index contributed by atoms with van der Waals surface area (Å²) >= 11 is 13.6. The van der Waals surface area contributed by atoms with Crippen LogP contribution in [0.4, 0.5) is 11.4 Å². The summed E-state index contributed by atoms with van der Waals surface area (Å²) in [6.45, 7) is 1.92. The predicted molar refractivity (Wildman–Crippen MR) is 116 cm³/mol. The van der Waals surface area contributed by atoms with Gasteiger partial charge in [-0.3, -0.25) is 4.79 Å². The van der Waals surface area contributed by atoms with Crippen LogP contribution in [0.2, 0.25) is 10.0 Å². The SMILES string of the molecule is Cc1ccc(NC(=O)Cc2csc(=Nc3cccc(Cl)c3)n2C)cc1Cl.Cl. The number of hydrogen-bond acceptors (Lipinski definition) is 3. The van der Waals surface area contributed by atoms with Gasteiger partial charge in [-0.05, 0) is 42.8 Å². The maximum atomic E-state index is 12.3. The summed E-state index contributed by atoms with van der Waals surface area (Å²) in [4.78, 5) is 17.7. The molecule has 27 heavy (non-hydrogen) atoms. The van der Waals surface area contributed by atoms with Crippen molar-refractivity contribution < 1.29 is 4.79 Å². The van der Waals surface area contributed by atoms with E-state index in [2.05, 4.69) is 10.3 Å². The van der Waals surface area contributed by atoms with Gasteiger partial charge < -0.3 is 9.88 Å². The maximum Gasteiger partial charge on any atom is 0.230 e. The van der Waals surface area contributed by atoms with Crippen LogP contribution in [0.3, 0.4) is 0 Å². The van der Waals surface area contributed by atoms with Gasteiger partial charge in [0.1, 0.15) is 0 Å². The maximum absolute atomic E-state index is 12.3. The van der Waals surface area contributed by atoms with Crippen molar-refractivity contribution in [3.8, 4) is 0 Å². The van der Waals surface area contributed by atoms with E-state index in [9.17, 15) is 4.79 Å². The largest absolute Gasteiger partial charge is 0.326 e. The molecule has 3 aromatic rings. The summed E-state index contributed by atoms with van der Waals surface area (Å²) in [5.74, 6) is -0.104. The molecule has 0 unspecified atom stereocenters. The summed E-state index contributed by atoms with van der Waals surface area (Å²) in [6.07, 6.45) is 0.254. The molecule has 0 radical (unpaired) electrons. The highest BCUT2D eigenvalue weighted by Gasteiger charge is 2.09. The van der Waals surface area contributed by atoms with E-state index in [0.717, 1.165) is 21.7 Å². The number of nitrogens with one attached hydrogen (secondary N) is 1. The van der Waals surface area contributed by atoms with Crippen LogP contribution < -0.4 is 10.1 Å². The standard InChI is InChI=1S/C19H17Cl2N3OS.ClH/c1-12-6-7-15(9-17(12)21)22-18(25)10-16-11-26-19(24(16)2)23-14-5-3-4-13(20)8-14;/h3-9,11H,10H2,1-2H3,(H,22,25);1H. The molecule has 0 atom stereocenters. The first-order valence-electron chi connectivity index (χ1n) is 7.92.